The van der Waals surface area contributed by atoms with E-state index in [-0.39, 0.29) is 46.1 Å². The van der Waals surface area contributed by atoms with Crippen LogP contribution in [0, 0.1) is 0 Å². The van der Waals surface area contributed by atoms with Gasteiger partial charge in [0.1, 0.15) is 11.4 Å². The third kappa shape index (κ3) is 4.48. The molecular formula is C19H11Cl2F3N4O4. The van der Waals surface area contributed by atoms with Crippen LogP contribution in [0.4, 0.5) is 13.2 Å². The summed E-state index contributed by atoms with van der Waals surface area (Å²) in [6.45, 7) is -0.0239. The van der Waals surface area contributed by atoms with Crippen molar-refractivity contribution >= 4 is 34.8 Å². The van der Waals surface area contributed by atoms with Gasteiger partial charge in [0.05, 0.1) is 28.6 Å². The zero-order valence-electron chi connectivity index (χ0n) is 15.7. The Bertz CT molecular complexity index is 1320. The van der Waals surface area contributed by atoms with Crippen LogP contribution in [0.2, 0.25) is 10.0 Å². The molecule has 13 heteroatoms. The number of aromatic nitrogens is 4. The van der Waals surface area contributed by atoms with Crippen molar-refractivity contribution in [2.75, 3.05) is 6.61 Å². The third-order valence-corrected chi connectivity index (χ3v) is 4.84. The number of aliphatic carboxylic acids is 1. The number of alkyl halides is 3. The maximum absolute atomic E-state index is 13.0. The molecule has 0 spiro atoms. The first-order chi connectivity index (χ1) is 15.1. The van der Waals surface area contributed by atoms with E-state index >= 15 is 0 Å². The van der Waals surface area contributed by atoms with Crippen molar-refractivity contribution < 1.29 is 32.3 Å². The number of rotatable bonds is 6. The number of nitrogens with zero attached hydrogens (tertiary/aromatic N) is 4. The molecule has 0 aliphatic carbocycles. The molecule has 4 aromatic rings. The Balaban J connectivity index is 1.61. The summed E-state index contributed by atoms with van der Waals surface area (Å²) in [6.07, 6.45) is -2.59. The lowest BCUT2D eigenvalue weighted by Crippen LogP contribution is -2.06. The Labute approximate surface area is 187 Å². The molecule has 3 aromatic heterocycles. The first-order valence-corrected chi connectivity index (χ1v) is 9.61. The van der Waals surface area contributed by atoms with E-state index in [2.05, 4.69) is 15.1 Å². The molecule has 8 nitrogen and oxygen atoms in total. The van der Waals surface area contributed by atoms with E-state index < -0.39 is 17.7 Å². The molecule has 0 radical (unpaired) electrons. The number of hydrogen-bond donors (Lipinski definition) is 1. The summed E-state index contributed by atoms with van der Waals surface area (Å²) in [7, 11) is 0. The highest BCUT2D eigenvalue weighted by Crippen LogP contribution is 2.34. The highest BCUT2D eigenvalue weighted by atomic mass is 35.5. The number of hydrogen-bond acceptors (Lipinski definition) is 6. The lowest BCUT2D eigenvalue weighted by Gasteiger charge is -2.07. The minimum Gasteiger partial charge on any atom is -0.493 e. The maximum atomic E-state index is 13.0. The minimum absolute atomic E-state index is 0.0239. The van der Waals surface area contributed by atoms with Crippen molar-refractivity contribution in [1.29, 1.82) is 0 Å². The fourth-order valence-corrected chi connectivity index (χ4v) is 3.29. The van der Waals surface area contributed by atoms with E-state index in [1.165, 1.54) is 12.3 Å². The zero-order chi connectivity index (χ0) is 23.0. The standard InChI is InChI=1S/C19H11Cl2F3N4O4/c20-12-6-10(31-4-3-15(29)30)1-2-11(12)16-26-18(32-27-16)14-8-28-7-9(19(22,23)24)5-13(21)17(28)25-14/h1-2,5-8H,3-4H2,(H,29,30). The van der Waals surface area contributed by atoms with Gasteiger partial charge in [-0.05, 0) is 24.3 Å². The molecule has 0 atom stereocenters. The van der Waals surface area contributed by atoms with Crippen LogP contribution < -0.4 is 4.74 Å². The van der Waals surface area contributed by atoms with Gasteiger partial charge < -0.3 is 18.8 Å². The first kappa shape index (κ1) is 21.9. The van der Waals surface area contributed by atoms with Crippen molar-refractivity contribution in [1.82, 2.24) is 19.5 Å². The molecule has 0 fully saturated rings. The van der Waals surface area contributed by atoms with Gasteiger partial charge in [-0.1, -0.05) is 28.4 Å². The second kappa shape index (κ2) is 8.32. The summed E-state index contributed by atoms with van der Waals surface area (Å²) in [4.78, 5) is 18.9. The number of fused-ring (bicyclic) bond motifs is 1. The van der Waals surface area contributed by atoms with Gasteiger partial charge in [-0.3, -0.25) is 4.79 Å². The predicted molar refractivity (Wildman–Crippen MR) is 107 cm³/mol. The van der Waals surface area contributed by atoms with E-state index in [0.29, 0.717) is 11.3 Å². The Morgan fingerprint density at radius 1 is 1.16 bits per heavy atom. The molecule has 0 amide bonds. The summed E-state index contributed by atoms with van der Waals surface area (Å²) in [5, 5.41) is 12.5. The van der Waals surface area contributed by atoms with Crippen LogP contribution in [0.5, 0.6) is 5.75 Å². The topological polar surface area (TPSA) is 103 Å². The third-order valence-electron chi connectivity index (χ3n) is 4.24. The number of ether oxygens (including phenoxy) is 1. The van der Waals surface area contributed by atoms with Crippen LogP contribution in [-0.2, 0) is 11.0 Å². The Morgan fingerprint density at radius 2 is 1.94 bits per heavy atom. The van der Waals surface area contributed by atoms with Crippen LogP contribution in [0.3, 0.4) is 0 Å². The number of halogens is 5. The normalized spacial score (nSPS) is 11.8. The fraction of sp³-hybridized carbons (Fsp3) is 0.158. The van der Waals surface area contributed by atoms with Gasteiger partial charge in [0.15, 0.2) is 5.65 Å². The highest BCUT2D eigenvalue weighted by molar-refractivity contribution is 6.33. The monoisotopic (exact) mass is 486 g/mol. The smallest absolute Gasteiger partial charge is 0.417 e. The molecule has 1 aromatic carbocycles. The van der Waals surface area contributed by atoms with Crippen LogP contribution in [0.25, 0.3) is 28.6 Å². The molecule has 4 rings (SSSR count). The molecule has 0 saturated heterocycles. The minimum atomic E-state index is -4.57. The molecule has 1 N–H and O–H groups in total. The largest absolute Gasteiger partial charge is 0.493 e. The van der Waals surface area contributed by atoms with Crippen molar-refractivity contribution in [3.8, 4) is 28.7 Å². The molecule has 0 unspecified atom stereocenters. The number of carboxylic acid groups (broad SMARTS) is 1. The van der Waals surface area contributed by atoms with Crippen LogP contribution >= 0.6 is 23.2 Å². The molecule has 0 aliphatic rings. The van der Waals surface area contributed by atoms with Crippen molar-refractivity contribution in [2.45, 2.75) is 12.6 Å². The van der Waals surface area contributed by atoms with Crippen molar-refractivity contribution in [3.63, 3.8) is 0 Å². The van der Waals surface area contributed by atoms with Crippen LogP contribution in [-0.4, -0.2) is 37.2 Å². The van der Waals surface area contributed by atoms with E-state index in [1.54, 1.807) is 12.1 Å². The van der Waals surface area contributed by atoms with Gasteiger partial charge in [0.2, 0.25) is 5.82 Å². The summed E-state index contributed by atoms with van der Waals surface area (Å²) in [6, 6.07) is 5.37. The van der Waals surface area contributed by atoms with Gasteiger partial charge in [-0.15, -0.1) is 0 Å². The van der Waals surface area contributed by atoms with Gasteiger partial charge in [-0.25, -0.2) is 4.98 Å². The maximum Gasteiger partial charge on any atom is 0.417 e. The number of imidazole rings is 1. The van der Waals surface area contributed by atoms with Gasteiger partial charge in [-0.2, -0.15) is 18.2 Å². The average molecular weight is 487 g/mol. The quantitative estimate of drug-likeness (QED) is 0.397. The lowest BCUT2D eigenvalue weighted by molar-refractivity contribution is -0.138. The number of pyridine rings is 1. The summed E-state index contributed by atoms with van der Waals surface area (Å²) >= 11 is 12.2. The predicted octanol–water partition coefficient (Wildman–Crippen LogP) is 5.23. The van der Waals surface area contributed by atoms with Gasteiger partial charge >= 0.3 is 12.1 Å². The Morgan fingerprint density at radius 3 is 2.62 bits per heavy atom. The summed E-state index contributed by atoms with van der Waals surface area (Å²) in [5.74, 6) is -0.568. The molecule has 0 saturated carbocycles. The fourth-order valence-electron chi connectivity index (χ4n) is 2.78. The Kier molecular flexibility index (Phi) is 5.70. The van der Waals surface area contributed by atoms with E-state index in [4.69, 9.17) is 37.6 Å². The summed E-state index contributed by atoms with van der Waals surface area (Å²) < 4.78 is 50.6. The van der Waals surface area contributed by atoms with E-state index in [1.807, 2.05) is 0 Å². The second-order valence-corrected chi connectivity index (χ2v) is 7.30. The Hall–Kier alpha value is -3.31. The van der Waals surface area contributed by atoms with Crippen molar-refractivity contribution in [3.05, 3.63) is 52.3 Å². The number of carboxylic acids is 1. The van der Waals surface area contributed by atoms with Gasteiger partial charge in [0, 0.05) is 18.0 Å². The second-order valence-electron chi connectivity index (χ2n) is 6.49. The lowest BCUT2D eigenvalue weighted by atomic mass is 10.2. The number of benzene rings is 1. The summed E-state index contributed by atoms with van der Waals surface area (Å²) in [5.41, 5.74) is -0.318. The van der Waals surface area contributed by atoms with Crippen LogP contribution in [0.15, 0.2) is 41.2 Å². The van der Waals surface area contributed by atoms with Gasteiger partial charge in [0.25, 0.3) is 5.89 Å². The molecular weight excluding hydrogens is 476 g/mol. The molecule has 166 valence electrons. The van der Waals surface area contributed by atoms with Crippen molar-refractivity contribution in [2.24, 2.45) is 0 Å². The molecule has 3 heterocycles. The molecule has 0 bridgehead atoms. The first-order valence-electron chi connectivity index (χ1n) is 8.86. The molecule has 0 aliphatic heterocycles. The highest BCUT2D eigenvalue weighted by Gasteiger charge is 2.32. The van der Waals surface area contributed by atoms with Crippen LogP contribution in [0.1, 0.15) is 12.0 Å². The van der Waals surface area contributed by atoms with E-state index in [9.17, 15) is 18.0 Å². The van der Waals surface area contributed by atoms with E-state index in [0.717, 1.165) is 16.7 Å². The number of carbonyl (C=O) groups is 1. The zero-order valence-corrected chi connectivity index (χ0v) is 17.2. The average Bonchev–Trinajstić information content (AvgIpc) is 3.34. The SMILES string of the molecule is O=C(O)CCOc1ccc(-c2noc(-c3cn4cc(C(F)(F)F)cc(Cl)c4n3)n2)c(Cl)c1. The molecule has 32 heavy (non-hydrogen) atoms.